The minimum Gasteiger partial charge on any atom is -0.493 e. The van der Waals surface area contributed by atoms with E-state index in [1.807, 2.05) is 19.1 Å². The molecular formula is C17H26ClN3O3. The Kier molecular flexibility index (Phi) is 7.46. The minimum absolute atomic E-state index is 0.267. The number of guanidine groups is 1. The van der Waals surface area contributed by atoms with Gasteiger partial charge in [-0.25, -0.2) is 0 Å². The first-order valence-electron chi connectivity index (χ1n) is 8.23. The Morgan fingerprint density at radius 3 is 2.88 bits per heavy atom. The molecule has 2 N–H and O–H groups in total. The molecule has 1 aliphatic rings. The van der Waals surface area contributed by atoms with Crippen LogP contribution in [0, 0.1) is 0 Å². The van der Waals surface area contributed by atoms with Gasteiger partial charge in [-0.2, -0.15) is 0 Å². The van der Waals surface area contributed by atoms with Gasteiger partial charge in [0, 0.05) is 26.7 Å². The largest absolute Gasteiger partial charge is 0.493 e. The van der Waals surface area contributed by atoms with Gasteiger partial charge in [-0.3, -0.25) is 4.99 Å². The van der Waals surface area contributed by atoms with Crippen LogP contribution in [-0.4, -0.2) is 46.0 Å². The third-order valence-electron chi connectivity index (χ3n) is 3.78. The average Bonchev–Trinajstić information content (AvgIpc) is 3.10. The van der Waals surface area contributed by atoms with E-state index in [0.29, 0.717) is 29.7 Å². The Morgan fingerprint density at radius 1 is 1.42 bits per heavy atom. The second-order valence-electron chi connectivity index (χ2n) is 5.48. The van der Waals surface area contributed by atoms with E-state index >= 15 is 0 Å². The molecule has 0 bridgehead atoms. The summed E-state index contributed by atoms with van der Waals surface area (Å²) in [5, 5.41) is 7.09. The summed E-state index contributed by atoms with van der Waals surface area (Å²) in [6, 6.07) is 3.78. The number of rotatable bonds is 7. The molecule has 0 aliphatic carbocycles. The predicted molar refractivity (Wildman–Crippen MR) is 96.3 cm³/mol. The molecule has 1 aliphatic heterocycles. The number of ether oxygens (including phenoxy) is 3. The number of nitrogens with zero attached hydrogens (tertiary/aromatic N) is 1. The van der Waals surface area contributed by atoms with Crippen molar-refractivity contribution in [3.05, 3.63) is 22.7 Å². The van der Waals surface area contributed by atoms with Crippen LogP contribution >= 0.6 is 11.6 Å². The van der Waals surface area contributed by atoms with Gasteiger partial charge >= 0.3 is 0 Å². The quantitative estimate of drug-likeness (QED) is 0.581. The van der Waals surface area contributed by atoms with Gasteiger partial charge in [0.25, 0.3) is 0 Å². The average molecular weight is 356 g/mol. The van der Waals surface area contributed by atoms with Crippen LogP contribution in [-0.2, 0) is 11.3 Å². The van der Waals surface area contributed by atoms with Crippen LogP contribution in [0.5, 0.6) is 11.5 Å². The fourth-order valence-electron chi connectivity index (χ4n) is 2.58. The Morgan fingerprint density at radius 2 is 2.25 bits per heavy atom. The van der Waals surface area contributed by atoms with E-state index < -0.39 is 0 Å². The maximum Gasteiger partial charge on any atom is 0.191 e. The molecule has 0 spiro atoms. The first-order valence-corrected chi connectivity index (χ1v) is 8.61. The van der Waals surface area contributed by atoms with Crippen LogP contribution in [0.1, 0.15) is 25.3 Å². The normalized spacial score (nSPS) is 17.7. The van der Waals surface area contributed by atoms with Crippen molar-refractivity contribution in [2.45, 2.75) is 32.4 Å². The number of hydrogen-bond donors (Lipinski definition) is 2. The molecule has 0 radical (unpaired) electrons. The zero-order chi connectivity index (χ0) is 17.4. The van der Waals surface area contributed by atoms with Gasteiger partial charge < -0.3 is 24.8 Å². The van der Waals surface area contributed by atoms with Crippen molar-refractivity contribution >= 4 is 17.6 Å². The molecule has 6 nitrogen and oxygen atoms in total. The summed E-state index contributed by atoms with van der Waals surface area (Å²) in [4.78, 5) is 4.23. The zero-order valence-corrected chi connectivity index (χ0v) is 15.3. The predicted octanol–water partition coefficient (Wildman–Crippen LogP) is 2.59. The summed E-state index contributed by atoms with van der Waals surface area (Å²) in [6.07, 6.45) is 2.49. The van der Waals surface area contributed by atoms with Gasteiger partial charge in [0.1, 0.15) is 0 Å². The maximum absolute atomic E-state index is 6.29. The second kappa shape index (κ2) is 9.59. The van der Waals surface area contributed by atoms with Crippen molar-refractivity contribution in [3.63, 3.8) is 0 Å². The number of hydrogen-bond acceptors (Lipinski definition) is 4. The van der Waals surface area contributed by atoms with Crippen LogP contribution in [0.2, 0.25) is 5.02 Å². The summed E-state index contributed by atoms with van der Waals surface area (Å²) >= 11 is 6.29. The highest BCUT2D eigenvalue weighted by Gasteiger charge is 2.16. The lowest BCUT2D eigenvalue weighted by molar-refractivity contribution is 0.114. The summed E-state index contributed by atoms with van der Waals surface area (Å²) in [5.74, 6) is 1.93. The number of halogens is 1. The first kappa shape index (κ1) is 18.7. The molecule has 1 aromatic rings. The van der Waals surface area contributed by atoms with E-state index in [1.54, 1.807) is 14.2 Å². The molecule has 0 saturated carbocycles. The SMILES string of the molecule is CCOc1c(Cl)cc(CNC(=NC)NCC2CCCO2)cc1OC. The minimum atomic E-state index is 0.267. The van der Waals surface area contributed by atoms with Crippen molar-refractivity contribution in [1.82, 2.24) is 10.6 Å². The molecule has 1 unspecified atom stereocenters. The van der Waals surface area contributed by atoms with Crippen molar-refractivity contribution in [2.75, 3.05) is 33.9 Å². The van der Waals surface area contributed by atoms with E-state index in [9.17, 15) is 0 Å². The molecule has 0 amide bonds. The van der Waals surface area contributed by atoms with Crippen LogP contribution in [0.25, 0.3) is 0 Å². The molecule has 1 heterocycles. The van der Waals surface area contributed by atoms with Gasteiger partial charge in [-0.15, -0.1) is 0 Å². The summed E-state index contributed by atoms with van der Waals surface area (Å²) in [5.41, 5.74) is 0.986. The lowest BCUT2D eigenvalue weighted by Gasteiger charge is -2.16. The molecule has 1 fully saturated rings. The van der Waals surface area contributed by atoms with Crippen molar-refractivity contribution < 1.29 is 14.2 Å². The van der Waals surface area contributed by atoms with Crippen molar-refractivity contribution in [1.29, 1.82) is 0 Å². The third-order valence-corrected chi connectivity index (χ3v) is 4.06. The highest BCUT2D eigenvalue weighted by molar-refractivity contribution is 6.32. The standard InChI is InChI=1S/C17H26ClN3O3/c1-4-23-16-14(18)8-12(9-15(16)22-3)10-20-17(19-2)21-11-13-6-5-7-24-13/h8-9,13H,4-7,10-11H2,1-3H3,(H2,19,20,21). The summed E-state index contributed by atoms with van der Waals surface area (Å²) < 4.78 is 16.5. The van der Waals surface area contributed by atoms with E-state index in [2.05, 4.69) is 15.6 Å². The van der Waals surface area contributed by atoms with Crippen LogP contribution < -0.4 is 20.1 Å². The maximum atomic E-state index is 6.29. The van der Waals surface area contributed by atoms with E-state index in [0.717, 1.165) is 37.5 Å². The monoisotopic (exact) mass is 355 g/mol. The lowest BCUT2D eigenvalue weighted by Crippen LogP contribution is -2.40. The molecule has 7 heteroatoms. The molecule has 1 aromatic carbocycles. The third kappa shape index (κ3) is 5.18. The highest BCUT2D eigenvalue weighted by atomic mass is 35.5. The summed E-state index contributed by atoms with van der Waals surface area (Å²) in [6.45, 7) is 4.63. The number of nitrogens with one attached hydrogen (secondary N) is 2. The zero-order valence-electron chi connectivity index (χ0n) is 14.5. The molecular weight excluding hydrogens is 330 g/mol. The fraction of sp³-hybridized carbons (Fsp3) is 0.588. The van der Waals surface area contributed by atoms with E-state index in [-0.39, 0.29) is 6.10 Å². The number of benzene rings is 1. The van der Waals surface area contributed by atoms with Crippen molar-refractivity contribution in [2.24, 2.45) is 4.99 Å². The topological polar surface area (TPSA) is 64.1 Å². The van der Waals surface area contributed by atoms with Gasteiger partial charge in [-0.1, -0.05) is 11.6 Å². The highest BCUT2D eigenvalue weighted by Crippen LogP contribution is 2.36. The number of methoxy groups -OCH3 is 1. The molecule has 1 saturated heterocycles. The first-order chi connectivity index (χ1) is 11.7. The Balaban J connectivity index is 1.93. The molecule has 0 aromatic heterocycles. The van der Waals surface area contributed by atoms with Crippen LogP contribution in [0.4, 0.5) is 0 Å². The number of aliphatic imine (C=N–C) groups is 1. The van der Waals surface area contributed by atoms with E-state index in [1.165, 1.54) is 0 Å². The van der Waals surface area contributed by atoms with Crippen molar-refractivity contribution in [3.8, 4) is 11.5 Å². The molecule has 1 atom stereocenters. The summed E-state index contributed by atoms with van der Waals surface area (Å²) in [7, 11) is 3.35. The van der Waals surface area contributed by atoms with Gasteiger partial charge in [0.2, 0.25) is 0 Å². The second-order valence-corrected chi connectivity index (χ2v) is 5.89. The van der Waals surface area contributed by atoms with Crippen LogP contribution in [0.15, 0.2) is 17.1 Å². The van der Waals surface area contributed by atoms with Crippen LogP contribution in [0.3, 0.4) is 0 Å². The Hall–Kier alpha value is -1.66. The molecule has 2 rings (SSSR count). The van der Waals surface area contributed by atoms with E-state index in [4.69, 9.17) is 25.8 Å². The van der Waals surface area contributed by atoms with Gasteiger partial charge in [-0.05, 0) is 37.5 Å². The molecule has 134 valence electrons. The Labute approximate surface area is 148 Å². The fourth-order valence-corrected chi connectivity index (χ4v) is 2.87. The lowest BCUT2D eigenvalue weighted by atomic mass is 10.2. The smallest absolute Gasteiger partial charge is 0.191 e. The molecule has 24 heavy (non-hydrogen) atoms. The van der Waals surface area contributed by atoms with Gasteiger partial charge in [0.05, 0.1) is 24.8 Å². The Bertz CT molecular complexity index is 560. The van der Waals surface area contributed by atoms with Gasteiger partial charge in [0.15, 0.2) is 17.5 Å².